The smallest absolute Gasteiger partial charge is 0.289 e. The van der Waals surface area contributed by atoms with Gasteiger partial charge in [-0.25, -0.2) is 0 Å². The first-order valence-electron chi connectivity index (χ1n) is 5.66. The third kappa shape index (κ3) is 3.60. The van der Waals surface area contributed by atoms with E-state index in [4.69, 9.17) is 11.6 Å². The molecular formula is C12H17ClN2O2. The monoisotopic (exact) mass is 256 g/mol. The van der Waals surface area contributed by atoms with Crippen molar-refractivity contribution in [1.82, 2.24) is 0 Å². The molecule has 0 saturated carbocycles. The molecule has 2 unspecified atom stereocenters. The second-order valence-corrected chi connectivity index (χ2v) is 4.65. The number of hydrogen-bond donors (Lipinski definition) is 1. The number of anilines is 1. The van der Waals surface area contributed by atoms with Crippen LogP contribution >= 0.6 is 11.6 Å². The lowest BCUT2D eigenvalue weighted by Gasteiger charge is -2.21. The maximum atomic E-state index is 10.7. The standard InChI is InChI=1S/C12H17ClN2O2/c1-4-8(2)9(3)14-10-5-6-11(13)12(7-10)15(16)17/h5-9,14H,4H2,1-3H3. The van der Waals surface area contributed by atoms with Gasteiger partial charge in [0.05, 0.1) is 4.92 Å². The van der Waals surface area contributed by atoms with Crippen molar-refractivity contribution in [2.75, 3.05) is 5.32 Å². The van der Waals surface area contributed by atoms with Gasteiger partial charge in [-0.2, -0.15) is 0 Å². The summed E-state index contributed by atoms with van der Waals surface area (Å²) >= 11 is 5.75. The lowest BCUT2D eigenvalue weighted by molar-refractivity contribution is -0.384. The molecule has 2 atom stereocenters. The largest absolute Gasteiger partial charge is 0.382 e. The van der Waals surface area contributed by atoms with Crippen molar-refractivity contribution in [3.63, 3.8) is 0 Å². The molecule has 1 rings (SSSR count). The summed E-state index contributed by atoms with van der Waals surface area (Å²) in [7, 11) is 0. The SMILES string of the molecule is CCC(C)C(C)Nc1ccc(Cl)c([N+](=O)[O-])c1. The third-order valence-corrected chi connectivity index (χ3v) is 3.35. The molecular weight excluding hydrogens is 240 g/mol. The minimum absolute atomic E-state index is 0.0620. The van der Waals surface area contributed by atoms with Crippen molar-refractivity contribution >= 4 is 23.0 Å². The molecule has 0 aromatic heterocycles. The Morgan fingerprint density at radius 2 is 2.12 bits per heavy atom. The van der Waals surface area contributed by atoms with Crippen molar-refractivity contribution in [1.29, 1.82) is 0 Å². The van der Waals surface area contributed by atoms with Crippen LogP contribution in [-0.2, 0) is 0 Å². The zero-order chi connectivity index (χ0) is 13.0. The highest BCUT2D eigenvalue weighted by atomic mass is 35.5. The van der Waals surface area contributed by atoms with Crippen molar-refractivity contribution in [3.05, 3.63) is 33.3 Å². The lowest BCUT2D eigenvalue weighted by Crippen LogP contribution is -2.23. The molecule has 0 radical (unpaired) electrons. The van der Waals surface area contributed by atoms with Crippen molar-refractivity contribution in [3.8, 4) is 0 Å². The Kier molecular flexibility index (Phi) is 4.75. The summed E-state index contributed by atoms with van der Waals surface area (Å²) in [6.07, 6.45) is 1.06. The highest BCUT2D eigenvalue weighted by molar-refractivity contribution is 6.32. The van der Waals surface area contributed by atoms with Gasteiger partial charge >= 0.3 is 0 Å². The molecule has 0 saturated heterocycles. The van der Waals surface area contributed by atoms with Crippen LogP contribution in [0.5, 0.6) is 0 Å². The number of halogens is 1. The summed E-state index contributed by atoms with van der Waals surface area (Å²) in [6, 6.07) is 5.04. The molecule has 4 nitrogen and oxygen atoms in total. The number of nitro groups is 1. The number of rotatable bonds is 5. The van der Waals surface area contributed by atoms with Gasteiger partial charge in [0, 0.05) is 17.8 Å². The third-order valence-electron chi connectivity index (χ3n) is 3.03. The summed E-state index contributed by atoms with van der Waals surface area (Å²) < 4.78 is 0. The topological polar surface area (TPSA) is 55.2 Å². The van der Waals surface area contributed by atoms with Gasteiger partial charge in [0.15, 0.2) is 0 Å². The quantitative estimate of drug-likeness (QED) is 0.638. The van der Waals surface area contributed by atoms with Crippen LogP contribution in [0, 0.1) is 16.0 Å². The van der Waals surface area contributed by atoms with Gasteiger partial charge in [0.2, 0.25) is 0 Å². The molecule has 0 aliphatic rings. The van der Waals surface area contributed by atoms with Crippen LogP contribution in [0.2, 0.25) is 5.02 Å². The molecule has 17 heavy (non-hydrogen) atoms. The van der Waals surface area contributed by atoms with Crippen molar-refractivity contribution in [2.24, 2.45) is 5.92 Å². The summed E-state index contributed by atoms with van der Waals surface area (Å²) in [4.78, 5) is 10.3. The molecule has 0 aliphatic carbocycles. The van der Waals surface area contributed by atoms with Gasteiger partial charge in [0.1, 0.15) is 5.02 Å². The molecule has 0 aliphatic heterocycles. The first kappa shape index (κ1) is 13.8. The first-order valence-corrected chi connectivity index (χ1v) is 6.04. The van der Waals surface area contributed by atoms with Crippen LogP contribution in [0.1, 0.15) is 27.2 Å². The maximum Gasteiger partial charge on any atom is 0.289 e. The Balaban J connectivity index is 2.86. The van der Waals surface area contributed by atoms with Crippen LogP contribution in [-0.4, -0.2) is 11.0 Å². The van der Waals surface area contributed by atoms with Crippen LogP contribution in [0.25, 0.3) is 0 Å². The van der Waals surface area contributed by atoms with Crippen LogP contribution in [0.15, 0.2) is 18.2 Å². The molecule has 0 bridgehead atoms. The number of benzene rings is 1. The molecule has 1 N–H and O–H groups in total. The number of nitrogens with one attached hydrogen (secondary N) is 1. The van der Waals surface area contributed by atoms with Crippen LogP contribution in [0.3, 0.4) is 0 Å². The fourth-order valence-corrected chi connectivity index (χ4v) is 1.69. The van der Waals surface area contributed by atoms with Gasteiger partial charge in [-0.05, 0) is 25.0 Å². The zero-order valence-corrected chi connectivity index (χ0v) is 11.0. The van der Waals surface area contributed by atoms with E-state index in [2.05, 4.69) is 26.1 Å². The minimum Gasteiger partial charge on any atom is -0.382 e. The van der Waals surface area contributed by atoms with E-state index in [9.17, 15) is 10.1 Å². The first-order chi connectivity index (χ1) is 7.95. The Morgan fingerprint density at radius 3 is 2.65 bits per heavy atom. The Hall–Kier alpha value is -1.29. The summed E-state index contributed by atoms with van der Waals surface area (Å²) in [5.41, 5.74) is 0.668. The highest BCUT2D eigenvalue weighted by Crippen LogP contribution is 2.28. The van der Waals surface area contributed by atoms with Gasteiger partial charge in [-0.3, -0.25) is 10.1 Å². The minimum atomic E-state index is -0.471. The second-order valence-electron chi connectivity index (χ2n) is 4.24. The van der Waals surface area contributed by atoms with Crippen LogP contribution < -0.4 is 5.32 Å². The molecule has 94 valence electrons. The predicted molar refractivity (Wildman–Crippen MR) is 70.6 cm³/mol. The Bertz CT molecular complexity index is 409. The number of hydrogen-bond acceptors (Lipinski definition) is 3. The average Bonchev–Trinajstić information content (AvgIpc) is 2.30. The predicted octanol–water partition coefficient (Wildman–Crippen LogP) is 4.09. The van der Waals surface area contributed by atoms with E-state index in [1.54, 1.807) is 12.1 Å². The molecule has 0 fully saturated rings. The van der Waals surface area contributed by atoms with Gasteiger partial charge in [-0.1, -0.05) is 31.9 Å². The van der Waals surface area contributed by atoms with Crippen LogP contribution in [0.4, 0.5) is 11.4 Å². The zero-order valence-electron chi connectivity index (χ0n) is 10.2. The summed E-state index contributed by atoms with van der Waals surface area (Å²) in [5, 5.41) is 14.2. The Labute approximate surface area is 106 Å². The average molecular weight is 257 g/mol. The maximum absolute atomic E-state index is 10.7. The van der Waals surface area contributed by atoms with Gasteiger partial charge in [0.25, 0.3) is 5.69 Å². The van der Waals surface area contributed by atoms with E-state index in [1.165, 1.54) is 6.07 Å². The van der Waals surface area contributed by atoms with E-state index >= 15 is 0 Å². The molecule has 0 amide bonds. The van der Waals surface area contributed by atoms with E-state index < -0.39 is 4.92 Å². The highest BCUT2D eigenvalue weighted by Gasteiger charge is 2.15. The van der Waals surface area contributed by atoms with E-state index in [1.807, 2.05) is 0 Å². The fourth-order valence-electron chi connectivity index (χ4n) is 1.50. The van der Waals surface area contributed by atoms with E-state index in [-0.39, 0.29) is 16.8 Å². The number of nitro benzene ring substituents is 1. The van der Waals surface area contributed by atoms with E-state index in [0.29, 0.717) is 5.92 Å². The van der Waals surface area contributed by atoms with E-state index in [0.717, 1.165) is 12.1 Å². The molecule has 1 aromatic carbocycles. The molecule has 5 heteroatoms. The van der Waals surface area contributed by atoms with Crippen molar-refractivity contribution in [2.45, 2.75) is 33.2 Å². The summed E-state index contributed by atoms with van der Waals surface area (Å²) in [5.74, 6) is 0.504. The summed E-state index contributed by atoms with van der Waals surface area (Å²) in [6.45, 7) is 6.32. The molecule has 0 heterocycles. The lowest BCUT2D eigenvalue weighted by atomic mass is 10.0. The molecule has 1 aromatic rings. The second kappa shape index (κ2) is 5.87. The normalized spacial score (nSPS) is 14.1. The van der Waals surface area contributed by atoms with Gasteiger partial charge in [-0.15, -0.1) is 0 Å². The van der Waals surface area contributed by atoms with Gasteiger partial charge < -0.3 is 5.32 Å². The number of nitrogens with zero attached hydrogens (tertiary/aromatic N) is 1. The molecule has 0 spiro atoms. The van der Waals surface area contributed by atoms with Crippen molar-refractivity contribution < 1.29 is 4.92 Å². The Morgan fingerprint density at radius 1 is 1.47 bits per heavy atom. The fraction of sp³-hybridized carbons (Fsp3) is 0.500.